The summed E-state index contributed by atoms with van der Waals surface area (Å²) in [6.07, 6.45) is 2.84. The molecule has 2 heterocycles. The Morgan fingerprint density at radius 3 is 3.05 bits per heavy atom. The second-order valence-electron chi connectivity index (χ2n) is 6.35. The second kappa shape index (κ2) is 6.88. The molecule has 0 spiro atoms. The fourth-order valence-electron chi connectivity index (χ4n) is 3.37. The van der Waals surface area contributed by atoms with Crippen LogP contribution >= 0.6 is 11.6 Å². The highest BCUT2D eigenvalue weighted by molar-refractivity contribution is 6.30. The Kier molecular flexibility index (Phi) is 4.89. The van der Waals surface area contributed by atoms with Crippen LogP contribution < -0.4 is 10.1 Å². The van der Waals surface area contributed by atoms with Gasteiger partial charge in [0, 0.05) is 29.9 Å². The summed E-state index contributed by atoms with van der Waals surface area (Å²) in [5.74, 6) is 1.24. The Labute approximate surface area is 136 Å². The van der Waals surface area contributed by atoms with Gasteiger partial charge in [-0.2, -0.15) is 0 Å². The number of hydrogen-bond donors (Lipinski definition) is 1. The van der Waals surface area contributed by atoms with Crippen LogP contribution in [0.2, 0.25) is 5.02 Å². The van der Waals surface area contributed by atoms with Crippen LogP contribution in [-0.2, 0) is 4.79 Å². The van der Waals surface area contributed by atoms with Crippen molar-refractivity contribution < 1.29 is 9.53 Å². The number of carbonyl (C=O) groups excluding carboxylic acids is 1. The lowest BCUT2D eigenvalue weighted by molar-refractivity contribution is -0.135. The van der Waals surface area contributed by atoms with Crippen molar-refractivity contribution in [2.45, 2.75) is 38.3 Å². The molecule has 0 aliphatic carbocycles. The Morgan fingerprint density at radius 1 is 1.41 bits per heavy atom. The van der Waals surface area contributed by atoms with Crippen LogP contribution in [0.4, 0.5) is 0 Å². The number of benzene rings is 1. The minimum atomic E-state index is 0.0709. The molecule has 1 aromatic carbocycles. The molecule has 1 aromatic rings. The van der Waals surface area contributed by atoms with E-state index in [1.165, 1.54) is 0 Å². The van der Waals surface area contributed by atoms with E-state index in [-0.39, 0.29) is 12.0 Å². The van der Waals surface area contributed by atoms with E-state index in [0.29, 0.717) is 23.5 Å². The number of ether oxygens (including phenoxy) is 1. The van der Waals surface area contributed by atoms with Crippen molar-refractivity contribution in [3.05, 3.63) is 29.3 Å². The number of carbonyl (C=O) groups is 1. The molecule has 4 nitrogen and oxygen atoms in total. The second-order valence-corrected chi connectivity index (χ2v) is 6.78. The van der Waals surface area contributed by atoms with Gasteiger partial charge in [-0.05, 0) is 44.5 Å². The molecule has 2 aliphatic heterocycles. The predicted molar refractivity (Wildman–Crippen MR) is 87.3 cm³/mol. The first-order valence-electron chi connectivity index (χ1n) is 8.06. The summed E-state index contributed by atoms with van der Waals surface area (Å²) in [4.78, 5) is 14.6. The van der Waals surface area contributed by atoms with Gasteiger partial charge in [0.1, 0.15) is 11.9 Å². The molecule has 3 atom stereocenters. The fraction of sp³-hybridized carbons (Fsp3) is 0.588. The van der Waals surface area contributed by atoms with Gasteiger partial charge in [-0.15, -0.1) is 0 Å². The molecular formula is C17H23ClN2O2. The van der Waals surface area contributed by atoms with Crippen LogP contribution in [0.3, 0.4) is 0 Å². The van der Waals surface area contributed by atoms with Gasteiger partial charge in [0.15, 0.2) is 0 Å². The number of nitrogens with zero attached hydrogens (tertiary/aromatic N) is 1. The number of rotatable bonds is 3. The van der Waals surface area contributed by atoms with Gasteiger partial charge >= 0.3 is 0 Å². The van der Waals surface area contributed by atoms with Crippen LogP contribution in [0.1, 0.15) is 26.2 Å². The van der Waals surface area contributed by atoms with Gasteiger partial charge < -0.3 is 15.0 Å². The molecule has 1 unspecified atom stereocenters. The van der Waals surface area contributed by atoms with Gasteiger partial charge in [-0.3, -0.25) is 4.79 Å². The fourth-order valence-corrected chi connectivity index (χ4v) is 3.55. The van der Waals surface area contributed by atoms with E-state index in [9.17, 15) is 4.79 Å². The Balaban J connectivity index is 1.54. The van der Waals surface area contributed by atoms with Gasteiger partial charge in [0.05, 0.1) is 6.54 Å². The highest BCUT2D eigenvalue weighted by atomic mass is 35.5. The lowest BCUT2D eigenvalue weighted by Gasteiger charge is -2.30. The van der Waals surface area contributed by atoms with E-state index in [4.69, 9.17) is 16.3 Å². The number of halogens is 1. The maximum absolute atomic E-state index is 12.6. The van der Waals surface area contributed by atoms with Gasteiger partial charge in [0.25, 0.3) is 0 Å². The first kappa shape index (κ1) is 15.6. The Morgan fingerprint density at radius 2 is 2.27 bits per heavy atom. The molecule has 0 bridgehead atoms. The normalized spacial score (nSPS) is 28.6. The lowest BCUT2D eigenvalue weighted by atomic mass is 9.92. The molecule has 2 saturated heterocycles. The van der Waals surface area contributed by atoms with E-state index >= 15 is 0 Å². The minimum Gasteiger partial charge on any atom is -0.488 e. The first-order chi connectivity index (χ1) is 10.6. The molecule has 3 rings (SSSR count). The summed E-state index contributed by atoms with van der Waals surface area (Å²) in [6, 6.07) is 7.87. The molecule has 2 fully saturated rings. The molecule has 1 N–H and O–H groups in total. The van der Waals surface area contributed by atoms with Crippen molar-refractivity contribution in [3.63, 3.8) is 0 Å². The maximum Gasteiger partial charge on any atom is 0.225 e. The number of likely N-dealkylation sites (tertiary alicyclic amines) is 1. The first-order valence-corrected chi connectivity index (χ1v) is 8.44. The smallest absolute Gasteiger partial charge is 0.225 e. The topological polar surface area (TPSA) is 41.6 Å². The number of nitrogens with one attached hydrogen (secondary N) is 1. The molecule has 120 valence electrons. The van der Waals surface area contributed by atoms with Crippen LogP contribution in [0.5, 0.6) is 5.75 Å². The van der Waals surface area contributed by atoms with E-state index in [2.05, 4.69) is 12.2 Å². The largest absolute Gasteiger partial charge is 0.488 e. The van der Waals surface area contributed by atoms with Crippen LogP contribution in [0, 0.1) is 5.92 Å². The lowest BCUT2D eigenvalue weighted by Crippen LogP contribution is -2.43. The van der Waals surface area contributed by atoms with E-state index in [1.807, 2.05) is 29.2 Å². The monoisotopic (exact) mass is 322 g/mol. The van der Waals surface area contributed by atoms with Crippen LogP contribution in [0.25, 0.3) is 0 Å². The van der Waals surface area contributed by atoms with Crippen LogP contribution in [0.15, 0.2) is 24.3 Å². The summed E-state index contributed by atoms with van der Waals surface area (Å²) in [6.45, 7) is 4.56. The van der Waals surface area contributed by atoms with Gasteiger partial charge in [-0.1, -0.05) is 17.7 Å². The number of piperidine rings is 1. The Hall–Kier alpha value is -1.26. The van der Waals surface area contributed by atoms with Crippen molar-refractivity contribution in [1.82, 2.24) is 10.2 Å². The summed E-state index contributed by atoms with van der Waals surface area (Å²) in [5.41, 5.74) is 0. The minimum absolute atomic E-state index is 0.0709. The molecule has 0 saturated carbocycles. The summed E-state index contributed by atoms with van der Waals surface area (Å²) < 4.78 is 5.95. The van der Waals surface area contributed by atoms with Crippen molar-refractivity contribution in [2.75, 3.05) is 19.6 Å². The van der Waals surface area contributed by atoms with Gasteiger partial charge in [-0.25, -0.2) is 0 Å². The van der Waals surface area contributed by atoms with E-state index in [0.717, 1.165) is 38.1 Å². The number of amides is 1. The van der Waals surface area contributed by atoms with Crippen molar-refractivity contribution in [1.29, 1.82) is 0 Å². The summed E-state index contributed by atoms with van der Waals surface area (Å²) >= 11 is 5.97. The summed E-state index contributed by atoms with van der Waals surface area (Å²) in [5, 5.41) is 4.07. The van der Waals surface area contributed by atoms with E-state index < -0.39 is 0 Å². The maximum atomic E-state index is 12.6. The highest BCUT2D eigenvalue weighted by Crippen LogP contribution is 2.25. The average molecular weight is 323 g/mol. The quantitative estimate of drug-likeness (QED) is 0.930. The molecule has 22 heavy (non-hydrogen) atoms. The third-order valence-electron chi connectivity index (χ3n) is 4.53. The SMILES string of the molecule is C[C@H]1C[C@@H](C(=O)N2CCC(Oc3cccc(Cl)c3)C2)CCN1. The highest BCUT2D eigenvalue weighted by Gasteiger charge is 2.33. The summed E-state index contributed by atoms with van der Waals surface area (Å²) in [7, 11) is 0. The van der Waals surface area contributed by atoms with Gasteiger partial charge in [0.2, 0.25) is 5.91 Å². The van der Waals surface area contributed by atoms with Crippen molar-refractivity contribution in [3.8, 4) is 5.75 Å². The van der Waals surface area contributed by atoms with Crippen LogP contribution in [-0.4, -0.2) is 42.6 Å². The molecule has 2 aliphatic rings. The predicted octanol–water partition coefficient (Wildman–Crippen LogP) is 2.71. The zero-order valence-corrected chi connectivity index (χ0v) is 13.7. The Bertz CT molecular complexity index is 537. The standard InChI is InChI=1S/C17H23ClN2O2/c1-12-9-13(5-7-19-12)17(21)20-8-6-16(11-20)22-15-4-2-3-14(18)10-15/h2-4,10,12-13,16,19H,5-9,11H2,1H3/t12-,13-,16?/m0/s1. The molecular weight excluding hydrogens is 300 g/mol. The molecule has 5 heteroatoms. The zero-order chi connectivity index (χ0) is 15.5. The van der Waals surface area contributed by atoms with Crippen molar-refractivity contribution >= 4 is 17.5 Å². The zero-order valence-electron chi connectivity index (χ0n) is 12.9. The third kappa shape index (κ3) is 3.73. The molecule has 1 amide bonds. The molecule has 0 aromatic heterocycles. The number of hydrogen-bond acceptors (Lipinski definition) is 3. The van der Waals surface area contributed by atoms with E-state index in [1.54, 1.807) is 0 Å². The third-order valence-corrected chi connectivity index (χ3v) is 4.76. The average Bonchev–Trinajstić information content (AvgIpc) is 2.95. The van der Waals surface area contributed by atoms with Crippen molar-refractivity contribution in [2.24, 2.45) is 5.92 Å². The molecule has 0 radical (unpaired) electrons.